The zero-order chi connectivity index (χ0) is 13.3. The Bertz CT molecular complexity index is 589. The first-order chi connectivity index (χ1) is 8.51. The summed E-state index contributed by atoms with van der Waals surface area (Å²) in [5, 5.41) is 4.35. The molecule has 0 aliphatic heterocycles. The average molecular weight is 392 g/mol. The lowest BCUT2D eigenvalue weighted by atomic mass is 10.1. The molecule has 96 valence electrons. The fraction of sp³-hybridized carbons (Fsp3) is 0.333. The number of hydrogen-bond donors (Lipinski definition) is 0. The molecule has 2 heterocycles. The molecule has 0 bridgehead atoms. The van der Waals surface area contributed by atoms with Crippen LogP contribution in [-0.2, 0) is 19.9 Å². The minimum absolute atomic E-state index is 0.106. The predicted molar refractivity (Wildman–Crippen MR) is 80.3 cm³/mol. The van der Waals surface area contributed by atoms with Crippen LogP contribution in [0.3, 0.4) is 0 Å². The third-order valence-corrected chi connectivity index (χ3v) is 5.03. The molecule has 0 aliphatic carbocycles. The Morgan fingerprint density at radius 3 is 2.67 bits per heavy atom. The van der Waals surface area contributed by atoms with E-state index >= 15 is 0 Å². The van der Waals surface area contributed by atoms with Crippen molar-refractivity contribution in [1.82, 2.24) is 9.78 Å². The number of carbonyl (C=O) groups is 1. The van der Waals surface area contributed by atoms with Crippen LogP contribution in [0, 0.1) is 0 Å². The van der Waals surface area contributed by atoms with E-state index in [0.29, 0.717) is 6.42 Å². The van der Waals surface area contributed by atoms with Gasteiger partial charge >= 0.3 is 0 Å². The van der Waals surface area contributed by atoms with Gasteiger partial charge in [0.05, 0.1) is 19.7 Å². The van der Waals surface area contributed by atoms with E-state index in [2.05, 4.69) is 43.9 Å². The van der Waals surface area contributed by atoms with Gasteiger partial charge in [0.1, 0.15) is 0 Å². The van der Waals surface area contributed by atoms with Gasteiger partial charge in [0.25, 0.3) is 0 Å². The highest BCUT2D eigenvalue weighted by Gasteiger charge is 2.16. The van der Waals surface area contributed by atoms with Crippen molar-refractivity contribution < 1.29 is 4.79 Å². The summed E-state index contributed by atoms with van der Waals surface area (Å²) in [4.78, 5) is 12.2. The Labute approximate surface area is 126 Å². The van der Waals surface area contributed by atoms with Gasteiger partial charge in [-0.1, -0.05) is 6.92 Å². The number of aryl methyl sites for hydroxylation is 2. The maximum Gasteiger partial charge on any atom is 0.170 e. The van der Waals surface area contributed by atoms with E-state index in [4.69, 9.17) is 0 Å². The molecule has 2 rings (SSSR count). The number of ketones is 1. The Morgan fingerprint density at radius 1 is 1.44 bits per heavy atom. The SMILES string of the molecule is CCc1cc(CC(=O)c2cc(Br)sc2Br)n(C)n1. The molecule has 0 aromatic carbocycles. The molecule has 2 aromatic rings. The van der Waals surface area contributed by atoms with Gasteiger partial charge < -0.3 is 0 Å². The van der Waals surface area contributed by atoms with Crippen LogP contribution >= 0.6 is 43.2 Å². The molecule has 0 aliphatic rings. The molecule has 3 nitrogen and oxygen atoms in total. The van der Waals surface area contributed by atoms with Gasteiger partial charge in [-0.25, -0.2) is 0 Å². The van der Waals surface area contributed by atoms with Gasteiger partial charge in [0.2, 0.25) is 0 Å². The number of Topliss-reactive ketones (excluding diaryl/α,β-unsaturated/α-hetero) is 1. The maximum absolute atomic E-state index is 12.2. The monoisotopic (exact) mass is 390 g/mol. The summed E-state index contributed by atoms with van der Waals surface area (Å²) in [6, 6.07) is 3.85. The van der Waals surface area contributed by atoms with Gasteiger partial charge in [0, 0.05) is 18.3 Å². The minimum atomic E-state index is 0.106. The smallest absolute Gasteiger partial charge is 0.170 e. The van der Waals surface area contributed by atoms with Crippen LogP contribution in [0.15, 0.2) is 19.7 Å². The Morgan fingerprint density at radius 2 is 2.17 bits per heavy atom. The van der Waals surface area contributed by atoms with Crippen molar-refractivity contribution in [3.63, 3.8) is 0 Å². The molecule has 0 unspecified atom stereocenters. The van der Waals surface area contributed by atoms with E-state index in [0.717, 1.165) is 30.9 Å². The molecule has 2 aromatic heterocycles. The molecule has 6 heteroatoms. The highest BCUT2D eigenvalue weighted by atomic mass is 79.9. The van der Waals surface area contributed by atoms with Crippen LogP contribution in [0.1, 0.15) is 28.7 Å². The molecular weight excluding hydrogens is 380 g/mol. The highest BCUT2D eigenvalue weighted by Crippen LogP contribution is 2.32. The van der Waals surface area contributed by atoms with E-state index in [1.807, 2.05) is 19.2 Å². The van der Waals surface area contributed by atoms with Crippen LogP contribution in [0.25, 0.3) is 0 Å². The van der Waals surface area contributed by atoms with Crippen molar-refractivity contribution in [2.75, 3.05) is 0 Å². The van der Waals surface area contributed by atoms with Crippen LogP contribution in [0.4, 0.5) is 0 Å². The largest absolute Gasteiger partial charge is 0.294 e. The summed E-state index contributed by atoms with van der Waals surface area (Å²) in [6.45, 7) is 2.06. The van der Waals surface area contributed by atoms with E-state index < -0.39 is 0 Å². The van der Waals surface area contributed by atoms with E-state index in [9.17, 15) is 4.79 Å². The lowest BCUT2D eigenvalue weighted by Gasteiger charge is -2.00. The van der Waals surface area contributed by atoms with Gasteiger partial charge in [0.15, 0.2) is 5.78 Å². The first kappa shape index (κ1) is 14.0. The number of nitrogens with zero attached hydrogens (tertiary/aromatic N) is 2. The number of aromatic nitrogens is 2. The molecule has 0 fully saturated rings. The molecule has 18 heavy (non-hydrogen) atoms. The van der Waals surface area contributed by atoms with Crippen molar-refractivity contribution in [3.05, 3.63) is 36.7 Å². The number of rotatable bonds is 4. The van der Waals surface area contributed by atoms with Crippen LogP contribution in [0.2, 0.25) is 0 Å². The van der Waals surface area contributed by atoms with Crippen molar-refractivity contribution >= 4 is 49.0 Å². The summed E-state index contributed by atoms with van der Waals surface area (Å²) >= 11 is 8.31. The standard InChI is InChI=1S/C12H12Br2N2OS/c1-3-7-4-8(16(2)15-7)5-10(17)9-6-11(13)18-12(9)14/h4,6H,3,5H2,1-2H3. The van der Waals surface area contributed by atoms with Crippen LogP contribution in [-0.4, -0.2) is 15.6 Å². The van der Waals surface area contributed by atoms with Crippen molar-refractivity contribution in [2.45, 2.75) is 19.8 Å². The van der Waals surface area contributed by atoms with Crippen molar-refractivity contribution in [2.24, 2.45) is 7.05 Å². The highest BCUT2D eigenvalue weighted by molar-refractivity contribution is 9.12. The Balaban J connectivity index is 2.21. The Kier molecular flexibility index (Phi) is 4.40. The third-order valence-electron chi connectivity index (χ3n) is 2.69. The third kappa shape index (κ3) is 2.92. The second kappa shape index (κ2) is 5.67. The second-order valence-electron chi connectivity index (χ2n) is 3.94. The fourth-order valence-corrected chi connectivity index (χ4v) is 4.56. The van der Waals surface area contributed by atoms with Gasteiger partial charge in [-0.3, -0.25) is 9.48 Å². The predicted octanol–water partition coefficient (Wildman–Crippen LogP) is 3.99. The van der Waals surface area contributed by atoms with Crippen LogP contribution < -0.4 is 0 Å². The molecule has 0 atom stereocenters. The lowest BCUT2D eigenvalue weighted by Crippen LogP contribution is -2.07. The topological polar surface area (TPSA) is 34.9 Å². The van der Waals surface area contributed by atoms with Crippen molar-refractivity contribution in [3.8, 4) is 0 Å². The van der Waals surface area contributed by atoms with Crippen molar-refractivity contribution in [1.29, 1.82) is 0 Å². The first-order valence-corrected chi connectivity index (χ1v) is 7.91. The zero-order valence-electron chi connectivity index (χ0n) is 10.0. The summed E-state index contributed by atoms with van der Waals surface area (Å²) in [7, 11) is 1.88. The normalized spacial score (nSPS) is 10.9. The molecular formula is C12H12Br2N2OS. The molecule has 0 amide bonds. The molecule has 0 spiro atoms. The fourth-order valence-electron chi connectivity index (χ4n) is 1.70. The number of halogens is 2. The molecule has 0 saturated carbocycles. The molecule has 0 N–H and O–H groups in total. The molecule has 0 radical (unpaired) electrons. The minimum Gasteiger partial charge on any atom is -0.294 e. The van der Waals surface area contributed by atoms with E-state index in [-0.39, 0.29) is 5.78 Å². The van der Waals surface area contributed by atoms with E-state index in [1.54, 1.807) is 4.68 Å². The summed E-state index contributed by atoms with van der Waals surface area (Å²) in [6.07, 6.45) is 1.26. The van der Waals surface area contributed by atoms with E-state index in [1.165, 1.54) is 11.3 Å². The average Bonchev–Trinajstić information content (AvgIpc) is 2.82. The number of carbonyl (C=O) groups excluding carboxylic acids is 1. The van der Waals surface area contributed by atoms with Crippen LogP contribution in [0.5, 0.6) is 0 Å². The lowest BCUT2D eigenvalue weighted by molar-refractivity contribution is 0.0990. The molecule has 0 saturated heterocycles. The van der Waals surface area contributed by atoms with Gasteiger partial charge in [-0.2, -0.15) is 5.10 Å². The Hall–Kier alpha value is -0.460. The second-order valence-corrected chi connectivity index (χ2v) is 7.69. The first-order valence-electron chi connectivity index (χ1n) is 5.51. The summed E-state index contributed by atoms with van der Waals surface area (Å²) in [5.74, 6) is 0.106. The maximum atomic E-state index is 12.2. The number of hydrogen-bond acceptors (Lipinski definition) is 3. The van der Waals surface area contributed by atoms with Gasteiger partial charge in [-0.15, -0.1) is 11.3 Å². The summed E-state index contributed by atoms with van der Waals surface area (Å²) in [5.41, 5.74) is 2.70. The quantitative estimate of drug-likeness (QED) is 0.738. The zero-order valence-corrected chi connectivity index (χ0v) is 14.0. The van der Waals surface area contributed by atoms with Gasteiger partial charge in [-0.05, 0) is 50.4 Å². The number of thiophene rings is 1. The summed E-state index contributed by atoms with van der Waals surface area (Å²) < 4.78 is 3.61.